The molecular weight excluding hydrogens is 463 g/mol. The van der Waals surface area contributed by atoms with Crippen molar-refractivity contribution in [3.05, 3.63) is 54.6 Å². The normalized spacial score (nSPS) is 10.3. The number of hydrogen-bond donors (Lipinski definition) is 0. The summed E-state index contributed by atoms with van der Waals surface area (Å²) in [5, 5.41) is 0. The van der Waals surface area contributed by atoms with Gasteiger partial charge in [-0.3, -0.25) is 0 Å². The third-order valence-electron chi connectivity index (χ3n) is 4.60. The molecule has 0 spiro atoms. The van der Waals surface area contributed by atoms with Crippen LogP contribution in [0.15, 0.2) is 54.6 Å². The summed E-state index contributed by atoms with van der Waals surface area (Å²) in [5.41, 5.74) is 0. The summed E-state index contributed by atoms with van der Waals surface area (Å²) in [6.45, 7) is 0. The molecule has 182 valence electrons. The molecule has 9 nitrogen and oxygen atoms in total. The van der Waals surface area contributed by atoms with Crippen molar-refractivity contribution >= 4 is 8.60 Å². The van der Waals surface area contributed by atoms with Crippen molar-refractivity contribution in [3.8, 4) is 51.7 Å². The van der Waals surface area contributed by atoms with Crippen LogP contribution in [-0.4, -0.2) is 42.7 Å². The Morgan fingerprint density at radius 3 is 0.882 bits per heavy atom. The molecule has 0 aliphatic rings. The SMILES string of the molecule is COc1ccc(OP(Oc2ccc(OC)c(OC)c2)Oc2ccc(OC)c(OC)c2)cc1OC. The lowest BCUT2D eigenvalue weighted by Crippen LogP contribution is -2.03. The maximum Gasteiger partial charge on any atom is 0.530 e. The van der Waals surface area contributed by atoms with E-state index in [1.807, 2.05) is 0 Å². The first-order chi connectivity index (χ1) is 16.5. The molecule has 0 N–H and O–H groups in total. The lowest BCUT2D eigenvalue weighted by atomic mass is 10.3. The quantitative estimate of drug-likeness (QED) is 0.306. The van der Waals surface area contributed by atoms with Gasteiger partial charge in [0.05, 0.1) is 42.7 Å². The van der Waals surface area contributed by atoms with E-state index in [-0.39, 0.29) is 0 Å². The smallest absolute Gasteiger partial charge is 0.493 e. The molecule has 10 heteroatoms. The molecule has 0 fully saturated rings. The van der Waals surface area contributed by atoms with E-state index in [4.69, 9.17) is 42.0 Å². The zero-order chi connectivity index (χ0) is 24.5. The predicted octanol–water partition coefficient (Wildman–Crippen LogP) is 5.50. The van der Waals surface area contributed by atoms with Gasteiger partial charge in [-0.25, -0.2) is 0 Å². The van der Waals surface area contributed by atoms with Crippen LogP contribution in [0.5, 0.6) is 51.7 Å². The molecule has 3 aromatic rings. The van der Waals surface area contributed by atoms with Crippen molar-refractivity contribution in [2.75, 3.05) is 42.7 Å². The van der Waals surface area contributed by atoms with Crippen molar-refractivity contribution in [1.29, 1.82) is 0 Å². The van der Waals surface area contributed by atoms with Gasteiger partial charge in [0.2, 0.25) is 0 Å². The lowest BCUT2D eigenvalue weighted by molar-refractivity contribution is 0.345. The van der Waals surface area contributed by atoms with Gasteiger partial charge in [0.15, 0.2) is 34.5 Å². The van der Waals surface area contributed by atoms with Crippen molar-refractivity contribution in [3.63, 3.8) is 0 Å². The van der Waals surface area contributed by atoms with Crippen LogP contribution in [0, 0.1) is 0 Å². The van der Waals surface area contributed by atoms with Crippen LogP contribution in [0.1, 0.15) is 0 Å². The van der Waals surface area contributed by atoms with Crippen molar-refractivity contribution < 1.29 is 42.0 Å². The number of methoxy groups -OCH3 is 6. The van der Waals surface area contributed by atoms with Gasteiger partial charge in [0.1, 0.15) is 17.2 Å². The molecule has 0 amide bonds. The highest BCUT2D eigenvalue weighted by atomic mass is 31.2. The minimum absolute atomic E-state index is 0.463. The number of benzene rings is 3. The average molecular weight is 490 g/mol. The standard InChI is InChI=1S/C24H27O9P/c1-25-19-10-7-16(13-22(19)28-4)31-34(32-17-8-11-20(26-2)23(14-17)29-5)33-18-9-12-21(27-3)24(15-18)30-6/h7-15H,1-6H3. The van der Waals surface area contributed by atoms with Gasteiger partial charge in [0, 0.05) is 18.2 Å². The maximum absolute atomic E-state index is 6.07. The Morgan fingerprint density at radius 1 is 0.382 bits per heavy atom. The molecule has 0 saturated heterocycles. The largest absolute Gasteiger partial charge is 0.530 e. The molecule has 0 heterocycles. The van der Waals surface area contributed by atoms with Gasteiger partial charge in [0.25, 0.3) is 0 Å². The van der Waals surface area contributed by atoms with E-state index >= 15 is 0 Å². The topological polar surface area (TPSA) is 83.1 Å². The third kappa shape index (κ3) is 5.99. The summed E-state index contributed by atoms with van der Waals surface area (Å²) in [7, 11) is 7.35. The Labute approximate surface area is 200 Å². The molecule has 0 aromatic heterocycles. The third-order valence-corrected chi connectivity index (χ3v) is 5.68. The fourth-order valence-corrected chi connectivity index (χ4v) is 3.90. The van der Waals surface area contributed by atoms with Gasteiger partial charge >= 0.3 is 8.60 Å². The molecule has 0 aliphatic carbocycles. The minimum atomic E-state index is -1.97. The Hall–Kier alpha value is -3.71. The van der Waals surface area contributed by atoms with Crippen LogP contribution in [-0.2, 0) is 0 Å². The highest BCUT2D eigenvalue weighted by Crippen LogP contribution is 2.46. The first-order valence-electron chi connectivity index (χ1n) is 10.0. The summed E-state index contributed by atoms with van der Waals surface area (Å²) in [6.07, 6.45) is 0. The second-order valence-electron chi connectivity index (χ2n) is 6.55. The predicted molar refractivity (Wildman–Crippen MR) is 127 cm³/mol. The van der Waals surface area contributed by atoms with Gasteiger partial charge in [-0.15, -0.1) is 0 Å². The summed E-state index contributed by atoms with van der Waals surface area (Å²) >= 11 is 0. The summed E-state index contributed by atoms with van der Waals surface area (Å²) in [5.74, 6) is 4.62. The number of ether oxygens (including phenoxy) is 6. The molecule has 34 heavy (non-hydrogen) atoms. The van der Waals surface area contributed by atoms with Crippen LogP contribution in [0.25, 0.3) is 0 Å². The van der Waals surface area contributed by atoms with Crippen LogP contribution in [0.2, 0.25) is 0 Å². The molecule has 3 rings (SSSR count). The minimum Gasteiger partial charge on any atom is -0.493 e. The Bertz CT molecular complexity index is 953. The van der Waals surface area contributed by atoms with Crippen LogP contribution in [0.3, 0.4) is 0 Å². The van der Waals surface area contributed by atoms with E-state index in [0.29, 0.717) is 51.7 Å². The van der Waals surface area contributed by atoms with Crippen molar-refractivity contribution in [2.24, 2.45) is 0 Å². The zero-order valence-corrected chi connectivity index (χ0v) is 20.7. The van der Waals surface area contributed by atoms with E-state index < -0.39 is 8.60 Å². The molecule has 0 saturated carbocycles. The molecule has 0 unspecified atom stereocenters. The summed E-state index contributed by atoms with van der Waals surface area (Å²) < 4.78 is 50.2. The van der Waals surface area contributed by atoms with Gasteiger partial charge in [-0.1, -0.05) is 0 Å². The summed E-state index contributed by atoms with van der Waals surface area (Å²) in [6, 6.07) is 15.4. The Balaban J connectivity index is 1.91. The van der Waals surface area contributed by atoms with E-state index in [1.165, 1.54) is 0 Å². The Kier molecular flexibility index (Phi) is 8.76. The zero-order valence-electron chi connectivity index (χ0n) is 19.8. The average Bonchev–Trinajstić information content (AvgIpc) is 2.88. The van der Waals surface area contributed by atoms with Gasteiger partial charge in [-0.2, -0.15) is 0 Å². The van der Waals surface area contributed by atoms with Gasteiger partial charge < -0.3 is 42.0 Å². The van der Waals surface area contributed by atoms with E-state index in [2.05, 4.69) is 0 Å². The van der Waals surface area contributed by atoms with E-state index in [1.54, 1.807) is 97.3 Å². The van der Waals surface area contributed by atoms with E-state index in [0.717, 1.165) is 0 Å². The van der Waals surface area contributed by atoms with Crippen LogP contribution >= 0.6 is 8.60 Å². The molecule has 0 radical (unpaired) electrons. The molecular formula is C24H27O9P. The first kappa shape index (κ1) is 24.9. The lowest BCUT2D eigenvalue weighted by Gasteiger charge is -2.20. The van der Waals surface area contributed by atoms with Crippen molar-refractivity contribution in [1.82, 2.24) is 0 Å². The first-order valence-corrected chi connectivity index (χ1v) is 11.1. The second-order valence-corrected chi connectivity index (χ2v) is 7.54. The molecule has 0 bridgehead atoms. The molecule has 0 atom stereocenters. The van der Waals surface area contributed by atoms with Crippen LogP contribution in [0.4, 0.5) is 0 Å². The number of rotatable bonds is 12. The monoisotopic (exact) mass is 490 g/mol. The Morgan fingerprint density at radius 2 is 0.647 bits per heavy atom. The second kappa shape index (κ2) is 12.0. The summed E-state index contributed by atoms with van der Waals surface area (Å²) in [4.78, 5) is 0. The van der Waals surface area contributed by atoms with Gasteiger partial charge in [-0.05, 0) is 36.4 Å². The fourth-order valence-electron chi connectivity index (χ4n) is 2.93. The van der Waals surface area contributed by atoms with Crippen LogP contribution < -0.4 is 42.0 Å². The molecule has 0 aliphatic heterocycles. The van der Waals surface area contributed by atoms with Crippen molar-refractivity contribution in [2.45, 2.75) is 0 Å². The van der Waals surface area contributed by atoms with E-state index in [9.17, 15) is 0 Å². The fraction of sp³-hybridized carbons (Fsp3) is 0.250. The highest BCUT2D eigenvalue weighted by molar-refractivity contribution is 7.43. The molecule has 3 aromatic carbocycles. The maximum atomic E-state index is 6.07. The number of hydrogen-bond acceptors (Lipinski definition) is 9. The highest BCUT2D eigenvalue weighted by Gasteiger charge is 2.22.